The molecule has 0 aromatic heterocycles. The SMILES string of the molecule is Cc1ccc([N+](=O)[O-])cc1C1(N)CCC(F)(F)CC1. The minimum absolute atomic E-state index is 0.0530. The van der Waals surface area contributed by atoms with E-state index < -0.39 is 16.4 Å². The molecule has 0 amide bonds. The number of nitro groups is 1. The van der Waals surface area contributed by atoms with Crippen LogP contribution >= 0.6 is 0 Å². The quantitative estimate of drug-likeness (QED) is 0.662. The number of benzene rings is 1. The Morgan fingerprint density at radius 3 is 2.37 bits per heavy atom. The van der Waals surface area contributed by atoms with E-state index in [1.165, 1.54) is 12.1 Å². The summed E-state index contributed by atoms with van der Waals surface area (Å²) in [6.07, 6.45) is -0.263. The number of hydrogen-bond donors (Lipinski definition) is 1. The van der Waals surface area contributed by atoms with Gasteiger partial charge in [-0.3, -0.25) is 10.1 Å². The minimum Gasteiger partial charge on any atom is -0.321 e. The summed E-state index contributed by atoms with van der Waals surface area (Å²) in [4.78, 5) is 10.3. The average Bonchev–Trinajstić information content (AvgIpc) is 2.33. The Bertz CT molecular complexity index is 507. The Balaban J connectivity index is 2.35. The van der Waals surface area contributed by atoms with E-state index in [9.17, 15) is 18.9 Å². The lowest BCUT2D eigenvalue weighted by molar-refractivity contribution is -0.385. The average molecular weight is 270 g/mol. The van der Waals surface area contributed by atoms with Gasteiger partial charge in [0.1, 0.15) is 0 Å². The van der Waals surface area contributed by atoms with Gasteiger partial charge in [0.25, 0.3) is 5.69 Å². The van der Waals surface area contributed by atoms with E-state index in [0.29, 0.717) is 5.56 Å². The van der Waals surface area contributed by atoms with Crippen LogP contribution in [0.5, 0.6) is 0 Å². The van der Waals surface area contributed by atoms with Crippen molar-refractivity contribution < 1.29 is 13.7 Å². The zero-order valence-electron chi connectivity index (χ0n) is 10.7. The topological polar surface area (TPSA) is 69.2 Å². The van der Waals surface area contributed by atoms with Crippen molar-refractivity contribution in [3.63, 3.8) is 0 Å². The van der Waals surface area contributed by atoms with E-state index in [-0.39, 0.29) is 31.4 Å². The van der Waals surface area contributed by atoms with Crippen LogP contribution in [0, 0.1) is 17.0 Å². The van der Waals surface area contributed by atoms with E-state index in [1.807, 2.05) is 0 Å². The first-order valence-electron chi connectivity index (χ1n) is 6.16. The smallest absolute Gasteiger partial charge is 0.269 e. The van der Waals surface area contributed by atoms with Gasteiger partial charge in [-0.15, -0.1) is 0 Å². The maximum Gasteiger partial charge on any atom is 0.269 e. The molecule has 0 atom stereocenters. The Morgan fingerprint density at radius 2 is 1.84 bits per heavy atom. The third-order valence-corrected chi connectivity index (χ3v) is 3.84. The molecule has 1 aliphatic carbocycles. The number of nitrogens with zero attached hydrogens (tertiary/aromatic N) is 1. The summed E-state index contributed by atoms with van der Waals surface area (Å²) in [6, 6.07) is 4.44. The van der Waals surface area contributed by atoms with Gasteiger partial charge in [0.05, 0.1) is 4.92 Å². The number of nitrogens with two attached hydrogens (primary N) is 1. The molecule has 0 radical (unpaired) electrons. The highest BCUT2D eigenvalue weighted by Gasteiger charge is 2.42. The van der Waals surface area contributed by atoms with E-state index >= 15 is 0 Å². The predicted octanol–water partition coefficient (Wildman–Crippen LogP) is 3.27. The van der Waals surface area contributed by atoms with E-state index in [1.54, 1.807) is 13.0 Å². The van der Waals surface area contributed by atoms with Crippen LogP contribution in [-0.2, 0) is 5.54 Å². The second-order valence-electron chi connectivity index (χ2n) is 5.27. The Labute approximate surface area is 109 Å². The molecule has 19 heavy (non-hydrogen) atoms. The Hall–Kier alpha value is -1.56. The first-order chi connectivity index (χ1) is 8.73. The van der Waals surface area contributed by atoms with Crippen molar-refractivity contribution in [2.24, 2.45) is 5.73 Å². The van der Waals surface area contributed by atoms with Crippen molar-refractivity contribution in [2.75, 3.05) is 0 Å². The summed E-state index contributed by atoms with van der Waals surface area (Å²) in [5.41, 5.74) is 6.68. The maximum absolute atomic E-state index is 13.2. The normalized spacial score (nSPS) is 21.1. The molecular formula is C13H16F2N2O2. The molecule has 2 rings (SSSR count). The summed E-state index contributed by atoms with van der Waals surface area (Å²) in [6.45, 7) is 1.79. The second kappa shape index (κ2) is 4.52. The lowest BCUT2D eigenvalue weighted by atomic mass is 9.74. The van der Waals surface area contributed by atoms with Crippen molar-refractivity contribution in [3.05, 3.63) is 39.4 Å². The number of non-ortho nitro benzene ring substituents is 1. The highest BCUT2D eigenvalue weighted by Crippen LogP contribution is 2.43. The van der Waals surface area contributed by atoms with Gasteiger partial charge in [-0.05, 0) is 30.9 Å². The summed E-state index contributed by atoms with van der Waals surface area (Å²) in [5.74, 6) is -2.67. The van der Waals surface area contributed by atoms with Gasteiger partial charge < -0.3 is 5.73 Å². The lowest BCUT2D eigenvalue weighted by Gasteiger charge is -2.38. The molecule has 2 N–H and O–H groups in total. The fourth-order valence-corrected chi connectivity index (χ4v) is 2.59. The van der Waals surface area contributed by atoms with Gasteiger partial charge >= 0.3 is 0 Å². The number of rotatable bonds is 2. The molecular weight excluding hydrogens is 254 g/mol. The van der Waals surface area contributed by atoms with E-state index in [0.717, 1.165) is 5.56 Å². The molecule has 1 aromatic rings. The molecule has 1 fully saturated rings. The van der Waals surface area contributed by atoms with Gasteiger partial charge in [-0.2, -0.15) is 0 Å². The van der Waals surface area contributed by atoms with Crippen LogP contribution in [0.2, 0.25) is 0 Å². The van der Waals surface area contributed by atoms with Crippen molar-refractivity contribution in [2.45, 2.75) is 44.1 Å². The van der Waals surface area contributed by atoms with Gasteiger partial charge in [0.15, 0.2) is 0 Å². The molecule has 6 heteroatoms. The minimum atomic E-state index is -2.67. The van der Waals surface area contributed by atoms with Crippen molar-refractivity contribution >= 4 is 5.69 Å². The monoisotopic (exact) mass is 270 g/mol. The van der Waals surface area contributed by atoms with Crippen molar-refractivity contribution in [3.8, 4) is 0 Å². The molecule has 0 aliphatic heterocycles. The third kappa shape index (κ3) is 2.73. The first kappa shape index (κ1) is 13.9. The van der Waals surface area contributed by atoms with Crippen molar-refractivity contribution in [1.29, 1.82) is 0 Å². The number of nitro benzene ring substituents is 1. The number of hydrogen-bond acceptors (Lipinski definition) is 3. The van der Waals surface area contributed by atoms with Crippen LogP contribution in [0.4, 0.5) is 14.5 Å². The fourth-order valence-electron chi connectivity index (χ4n) is 2.59. The van der Waals surface area contributed by atoms with E-state index in [4.69, 9.17) is 5.73 Å². The summed E-state index contributed by atoms with van der Waals surface area (Å²) >= 11 is 0. The van der Waals surface area contributed by atoms with Gasteiger partial charge in [0.2, 0.25) is 5.92 Å². The molecule has 0 heterocycles. The molecule has 104 valence electrons. The molecule has 1 aliphatic rings. The highest BCUT2D eigenvalue weighted by atomic mass is 19.3. The van der Waals surface area contributed by atoms with Gasteiger partial charge in [-0.1, -0.05) is 6.07 Å². The van der Waals surface area contributed by atoms with E-state index in [2.05, 4.69) is 0 Å². The Kier molecular flexibility index (Phi) is 3.30. The third-order valence-electron chi connectivity index (χ3n) is 3.84. The largest absolute Gasteiger partial charge is 0.321 e. The molecule has 0 spiro atoms. The second-order valence-corrected chi connectivity index (χ2v) is 5.27. The highest BCUT2D eigenvalue weighted by molar-refractivity contribution is 5.43. The number of aryl methyl sites for hydroxylation is 1. The molecule has 1 aromatic carbocycles. The lowest BCUT2D eigenvalue weighted by Crippen LogP contribution is -2.44. The van der Waals surface area contributed by atoms with Crippen molar-refractivity contribution in [1.82, 2.24) is 0 Å². The van der Waals surface area contributed by atoms with Crippen LogP contribution in [0.3, 0.4) is 0 Å². The van der Waals surface area contributed by atoms with Crippen LogP contribution < -0.4 is 5.73 Å². The Morgan fingerprint density at radius 1 is 1.26 bits per heavy atom. The standard InChI is InChI=1S/C13H16F2N2O2/c1-9-2-3-10(17(18)19)8-11(9)12(16)4-6-13(14,15)7-5-12/h2-3,8H,4-7,16H2,1H3. The maximum atomic E-state index is 13.2. The molecule has 0 bridgehead atoms. The molecule has 4 nitrogen and oxygen atoms in total. The summed E-state index contributed by atoms with van der Waals surface area (Å²) < 4.78 is 26.4. The fraction of sp³-hybridized carbons (Fsp3) is 0.538. The number of alkyl halides is 2. The van der Waals surface area contributed by atoms with Crippen LogP contribution in [0.25, 0.3) is 0 Å². The first-order valence-corrected chi connectivity index (χ1v) is 6.16. The predicted molar refractivity (Wildman–Crippen MR) is 67.1 cm³/mol. The molecule has 0 saturated heterocycles. The zero-order valence-corrected chi connectivity index (χ0v) is 10.7. The summed E-state index contributed by atoms with van der Waals surface area (Å²) in [5, 5.41) is 10.8. The summed E-state index contributed by atoms with van der Waals surface area (Å²) in [7, 11) is 0. The zero-order chi connectivity index (χ0) is 14.3. The van der Waals surface area contributed by atoms with Crippen LogP contribution in [0.15, 0.2) is 18.2 Å². The van der Waals surface area contributed by atoms with Gasteiger partial charge in [-0.25, -0.2) is 8.78 Å². The van der Waals surface area contributed by atoms with Gasteiger partial charge in [0, 0.05) is 30.5 Å². The molecule has 1 saturated carbocycles. The van der Waals surface area contributed by atoms with Crippen LogP contribution in [0.1, 0.15) is 36.8 Å². The molecule has 0 unspecified atom stereocenters. The number of halogens is 2. The van der Waals surface area contributed by atoms with Crippen LogP contribution in [-0.4, -0.2) is 10.8 Å².